The topological polar surface area (TPSA) is 52.7 Å². The molecule has 0 aromatic heterocycles. The summed E-state index contributed by atoms with van der Waals surface area (Å²) in [5.41, 5.74) is 4.24. The monoisotopic (exact) mass is 433 g/mol. The average molecular weight is 434 g/mol. The van der Waals surface area contributed by atoms with Gasteiger partial charge in [-0.2, -0.15) is 0 Å². The number of nitrogens with one attached hydrogen (secondary N) is 1. The van der Waals surface area contributed by atoms with Crippen LogP contribution in [0.3, 0.4) is 0 Å². The van der Waals surface area contributed by atoms with Gasteiger partial charge in [0, 0.05) is 37.7 Å². The van der Waals surface area contributed by atoms with Crippen molar-refractivity contribution in [3.05, 3.63) is 70.8 Å². The minimum absolute atomic E-state index is 0.0192. The first-order chi connectivity index (χ1) is 15.6. The third kappa shape index (κ3) is 5.77. The van der Waals surface area contributed by atoms with Crippen molar-refractivity contribution in [3.63, 3.8) is 0 Å². The van der Waals surface area contributed by atoms with E-state index in [1.165, 1.54) is 37.9 Å². The Balaban J connectivity index is 1.21. The number of benzene rings is 2. The number of carbonyl (C=O) groups is 2. The fraction of sp³-hybridized carbons (Fsp3) is 0.481. The van der Waals surface area contributed by atoms with Crippen LogP contribution in [0.5, 0.6) is 0 Å². The van der Waals surface area contributed by atoms with Crippen molar-refractivity contribution in [2.24, 2.45) is 5.92 Å². The van der Waals surface area contributed by atoms with Crippen molar-refractivity contribution < 1.29 is 9.59 Å². The largest absolute Gasteiger partial charge is 0.352 e. The lowest BCUT2D eigenvalue weighted by atomic mass is 9.95. The van der Waals surface area contributed by atoms with Crippen LogP contribution < -0.4 is 5.32 Å². The molecule has 0 atom stereocenters. The number of hydrogen-bond donors (Lipinski definition) is 1. The van der Waals surface area contributed by atoms with E-state index in [1.807, 2.05) is 36.1 Å². The zero-order chi connectivity index (χ0) is 22.3. The third-order valence-corrected chi connectivity index (χ3v) is 6.87. The Morgan fingerprint density at radius 3 is 2.22 bits per heavy atom. The predicted octanol–water partition coefficient (Wildman–Crippen LogP) is 4.15. The summed E-state index contributed by atoms with van der Waals surface area (Å²) < 4.78 is 0. The molecular formula is C27H35N3O2. The van der Waals surface area contributed by atoms with E-state index < -0.39 is 0 Å². The van der Waals surface area contributed by atoms with Crippen molar-refractivity contribution >= 4 is 11.8 Å². The summed E-state index contributed by atoms with van der Waals surface area (Å²) in [7, 11) is 0. The highest BCUT2D eigenvalue weighted by atomic mass is 16.2. The Hall–Kier alpha value is -2.66. The highest BCUT2D eigenvalue weighted by Gasteiger charge is 2.28. The van der Waals surface area contributed by atoms with E-state index in [-0.39, 0.29) is 17.7 Å². The smallest absolute Gasteiger partial charge is 0.254 e. The third-order valence-electron chi connectivity index (χ3n) is 6.87. The van der Waals surface area contributed by atoms with Crippen LogP contribution in [-0.2, 0) is 17.9 Å². The lowest BCUT2D eigenvalue weighted by Gasteiger charge is -2.31. The lowest BCUT2D eigenvalue weighted by molar-refractivity contribution is -0.126. The molecule has 5 heteroatoms. The molecule has 170 valence electrons. The van der Waals surface area contributed by atoms with Crippen LogP contribution in [0.4, 0.5) is 0 Å². The number of nitrogens with zero attached hydrogens (tertiary/aromatic N) is 2. The molecule has 2 aromatic carbocycles. The van der Waals surface area contributed by atoms with Gasteiger partial charge in [0.25, 0.3) is 5.91 Å². The maximum absolute atomic E-state index is 12.8. The number of hydrogen-bond acceptors (Lipinski definition) is 3. The van der Waals surface area contributed by atoms with Gasteiger partial charge in [-0.25, -0.2) is 0 Å². The second-order valence-corrected chi connectivity index (χ2v) is 9.25. The highest BCUT2D eigenvalue weighted by molar-refractivity contribution is 5.95. The van der Waals surface area contributed by atoms with E-state index >= 15 is 0 Å². The molecule has 0 aliphatic carbocycles. The number of likely N-dealkylation sites (tertiary alicyclic amines) is 2. The van der Waals surface area contributed by atoms with Gasteiger partial charge < -0.3 is 10.2 Å². The van der Waals surface area contributed by atoms with E-state index in [2.05, 4.69) is 34.5 Å². The summed E-state index contributed by atoms with van der Waals surface area (Å²) in [5, 5.41) is 3.10. The molecular weight excluding hydrogens is 398 g/mol. The first kappa shape index (κ1) is 22.5. The molecule has 2 heterocycles. The Labute approximate surface area is 191 Å². The number of amides is 2. The van der Waals surface area contributed by atoms with Crippen LogP contribution in [0.1, 0.15) is 59.2 Å². The fourth-order valence-corrected chi connectivity index (χ4v) is 4.80. The fourth-order valence-electron chi connectivity index (χ4n) is 4.80. The minimum Gasteiger partial charge on any atom is -0.352 e. The normalized spacial score (nSPS) is 17.8. The summed E-state index contributed by atoms with van der Waals surface area (Å²) in [6, 6.07) is 16.3. The van der Waals surface area contributed by atoms with Gasteiger partial charge in [-0.3, -0.25) is 14.5 Å². The first-order valence-electron chi connectivity index (χ1n) is 12.0. The average Bonchev–Trinajstić information content (AvgIpc) is 2.84. The van der Waals surface area contributed by atoms with Crippen LogP contribution in [0.15, 0.2) is 48.5 Å². The molecule has 4 rings (SSSR count). The van der Waals surface area contributed by atoms with Crippen molar-refractivity contribution in [1.29, 1.82) is 0 Å². The second kappa shape index (κ2) is 10.8. The summed E-state index contributed by atoms with van der Waals surface area (Å²) in [5.74, 6) is 0.159. The quantitative estimate of drug-likeness (QED) is 0.745. The van der Waals surface area contributed by atoms with Crippen molar-refractivity contribution in [1.82, 2.24) is 15.1 Å². The van der Waals surface area contributed by atoms with Gasteiger partial charge in [0.2, 0.25) is 5.91 Å². The van der Waals surface area contributed by atoms with Gasteiger partial charge in [0.15, 0.2) is 0 Å². The number of carbonyl (C=O) groups excluding carboxylic acids is 2. The SMILES string of the molecule is Cc1ccccc1C(=O)N1CCC(C(=O)NCc2ccc(CN3CCCCC3)cc2)CC1. The molecule has 0 unspecified atom stereocenters. The summed E-state index contributed by atoms with van der Waals surface area (Å²) in [6.45, 7) is 7.22. The highest BCUT2D eigenvalue weighted by Crippen LogP contribution is 2.21. The summed E-state index contributed by atoms with van der Waals surface area (Å²) in [6.07, 6.45) is 5.42. The molecule has 0 bridgehead atoms. The zero-order valence-corrected chi connectivity index (χ0v) is 19.2. The van der Waals surface area contributed by atoms with Crippen molar-refractivity contribution in [2.75, 3.05) is 26.2 Å². The van der Waals surface area contributed by atoms with Crippen LogP contribution in [-0.4, -0.2) is 47.8 Å². The molecule has 0 saturated carbocycles. The van der Waals surface area contributed by atoms with Gasteiger partial charge in [-0.15, -0.1) is 0 Å². The molecule has 2 aliphatic rings. The number of rotatable bonds is 6. The molecule has 1 N–H and O–H groups in total. The Bertz CT molecular complexity index is 911. The molecule has 32 heavy (non-hydrogen) atoms. The molecule has 2 saturated heterocycles. The van der Waals surface area contributed by atoms with Crippen molar-refractivity contribution in [3.8, 4) is 0 Å². The molecule has 2 aliphatic heterocycles. The number of aryl methyl sites for hydroxylation is 1. The Morgan fingerprint density at radius 2 is 1.53 bits per heavy atom. The van der Waals surface area contributed by atoms with Crippen LogP contribution in [0.25, 0.3) is 0 Å². The molecule has 2 amide bonds. The molecule has 2 fully saturated rings. The Kier molecular flexibility index (Phi) is 7.59. The van der Waals surface area contributed by atoms with Gasteiger partial charge >= 0.3 is 0 Å². The lowest BCUT2D eigenvalue weighted by Crippen LogP contribution is -2.43. The molecule has 2 aromatic rings. The maximum atomic E-state index is 12.8. The van der Waals surface area contributed by atoms with E-state index in [0.717, 1.165) is 36.1 Å². The van der Waals surface area contributed by atoms with E-state index in [1.54, 1.807) is 0 Å². The van der Waals surface area contributed by atoms with Gasteiger partial charge in [0.1, 0.15) is 0 Å². The minimum atomic E-state index is -0.0192. The molecule has 0 spiro atoms. The predicted molar refractivity (Wildman–Crippen MR) is 127 cm³/mol. The zero-order valence-electron chi connectivity index (χ0n) is 19.2. The van der Waals surface area contributed by atoms with Crippen LogP contribution >= 0.6 is 0 Å². The van der Waals surface area contributed by atoms with Crippen molar-refractivity contribution in [2.45, 2.75) is 52.1 Å². The first-order valence-corrected chi connectivity index (χ1v) is 12.0. The van der Waals surface area contributed by atoms with Crippen LogP contribution in [0.2, 0.25) is 0 Å². The van der Waals surface area contributed by atoms with E-state index in [4.69, 9.17) is 0 Å². The Morgan fingerprint density at radius 1 is 0.875 bits per heavy atom. The molecule has 5 nitrogen and oxygen atoms in total. The molecule has 0 radical (unpaired) electrons. The van der Waals surface area contributed by atoms with Gasteiger partial charge in [-0.1, -0.05) is 48.9 Å². The van der Waals surface area contributed by atoms with E-state index in [9.17, 15) is 9.59 Å². The second-order valence-electron chi connectivity index (χ2n) is 9.25. The summed E-state index contributed by atoms with van der Waals surface area (Å²) in [4.78, 5) is 29.9. The van der Waals surface area contributed by atoms with E-state index in [0.29, 0.717) is 19.6 Å². The standard InChI is InChI=1S/C27H35N3O2/c1-21-7-3-4-8-25(21)27(32)30-17-13-24(14-18-30)26(31)28-19-22-9-11-23(12-10-22)20-29-15-5-2-6-16-29/h3-4,7-12,24H,2,5-6,13-20H2,1H3,(H,28,31). The number of piperidine rings is 2. The van der Waals surface area contributed by atoms with Crippen LogP contribution in [0, 0.1) is 12.8 Å². The maximum Gasteiger partial charge on any atom is 0.254 e. The van der Waals surface area contributed by atoms with Gasteiger partial charge in [0.05, 0.1) is 0 Å². The van der Waals surface area contributed by atoms with Gasteiger partial charge in [-0.05, 0) is 68.5 Å². The summed E-state index contributed by atoms with van der Waals surface area (Å²) >= 11 is 0.